The molecule has 17 heavy (non-hydrogen) atoms. The lowest BCUT2D eigenvalue weighted by Gasteiger charge is -2.18. The van der Waals surface area contributed by atoms with Crippen LogP contribution in [0.25, 0.3) is 0 Å². The summed E-state index contributed by atoms with van der Waals surface area (Å²) < 4.78 is 0. The molecule has 3 aliphatic rings. The summed E-state index contributed by atoms with van der Waals surface area (Å²) in [7, 11) is 0. The van der Waals surface area contributed by atoms with Crippen LogP contribution in [0, 0.1) is 0 Å². The smallest absolute Gasteiger partial charge is 0.0300 e. The molecule has 0 N–H and O–H groups in total. The first-order valence-electron chi connectivity index (χ1n) is 6.81. The Kier molecular flexibility index (Phi) is 3.56. The average molecular weight is 244 g/mol. The van der Waals surface area contributed by atoms with E-state index in [0.717, 1.165) is 10.5 Å². The minimum absolute atomic E-state index is 0.767. The molecule has 90 valence electrons. The number of hydrogen-bond acceptors (Lipinski definition) is 1. The van der Waals surface area contributed by atoms with Gasteiger partial charge in [-0.3, -0.25) is 0 Å². The molecule has 0 nitrogen and oxygen atoms in total. The molecule has 1 fully saturated rings. The molecule has 0 radical (unpaired) electrons. The largest absolute Gasteiger partial charge is 0.146 e. The molecular formula is C16H20S. The SMILES string of the molecule is C1=CCCC(C2CCC(C3=CCCC=C3)S2)=C1. The lowest BCUT2D eigenvalue weighted by Crippen LogP contribution is -2.05. The Balaban J connectivity index is 1.65. The lowest BCUT2D eigenvalue weighted by molar-refractivity contribution is 0.769. The maximum absolute atomic E-state index is 2.45. The lowest BCUT2D eigenvalue weighted by atomic mass is 9.97. The van der Waals surface area contributed by atoms with Crippen molar-refractivity contribution in [3.8, 4) is 0 Å². The molecule has 2 aliphatic carbocycles. The van der Waals surface area contributed by atoms with Crippen molar-refractivity contribution in [3.63, 3.8) is 0 Å². The van der Waals surface area contributed by atoms with Gasteiger partial charge >= 0.3 is 0 Å². The third kappa shape index (κ3) is 2.60. The monoisotopic (exact) mass is 244 g/mol. The van der Waals surface area contributed by atoms with E-state index in [1.54, 1.807) is 11.1 Å². The predicted octanol–water partition coefficient (Wildman–Crippen LogP) is 4.80. The second-order valence-electron chi connectivity index (χ2n) is 5.08. The van der Waals surface area contributed by atoms with Gasteiger partial charge in [-0.25, -0.2) is 0 Å². The van der Waals surface area contributed by atoms with Gasteiger partial charge in [-0.2, -0.15) is 0 Å². The van der Waals surface area contributed by atoms with Crippen molar-refractivity contribution in [2.24, 2.45) is 0 Å². The van der Waals surface area contributed by atoms with Crippen LogP contribution in [0.1, 0.15) is 38.5 Å². The van der Waals surface area contributed by atoms with E-state index in [-0.39, 0.29) is 0 Å². The molecule has 1 heterocycles. The van der Waals surface area contributed by atoms with Gasteiger partial charge in [0.15, 0.2) is 0 Å². The van der Waals surface area contributed by atoms with Crippen LogP contribution in [0.2, 0.25) is 0 Å². The highest BCUT2D eigenvalue weighted by Crippen LogP contribution is 2.43. The highest BCUT2D eigenvalue weighted by atomic mass is 32.2. The topological polar surface area (TPSA) is 0 Å². The van der Waals surface area contributed by atoms with E-state index >= 15 is 0 Å². The maximum Gasteiger partial charge on any atom is 0.0300 e. The number of allylic oxidation sites excluding steroid dienone is 6. The Hall–Kier alpha value is -0.690. The van der Waals surface area contributed by atoms with Gasteiger partial charge in [-0.05, 0) is 44.1 Å². The van der Waals surface area contributed by atoms with Gasteiger partial charge in [-0.15, -0.1) is 11.8 Å². The zero-order chi connectivity index (χ0) is 11.5. The molecule has 1 saturated heterocycles. The summed E-state index contributed by atoms with van der Waals surface area (Å²) in [6.07, 6.45) is 21.8. The van der Waals surface area contributed by atoms with Gasteiger partial charge in [0.25, 0.3) is 0 Å². The van der Waals surface area contributed by atoms with Crippen LogP contribution >= 0.6 is 11.8 Å². The summed E-state index contributed by atoms with van der Waals surface area (Å²) in [5.74, 6) is 0. The van der Waals surface area contributed by atoms with Gasteiger partial charge in [0.05, 0.1) is 0 Å². The molecule has 0 saturated carbocycles. The van der Waals surface area contributed by atoms with Crippen molar-refractivity contribution in [1.29, 1.82) is 0 Å². The van der Waals surface area contributed by atoms with E-state index in [9.17, 15) is 0 Å². The Morgan fingerprint density at radius 2 is 1.94 bits per heavy atom. The zero-order valence-corrected chi connectivity index (χ0v) is 11.1. The van der Waals surface area contributed by atoms with Crippen LogP contribution in [-0.2, 0) is 0 Å². The van der Waals surface area contributed by atoms with Crippen LogP contribution in [0.3, 0.4) is 0 Å². The summed E-state index contributed by atoms with van der Waals surface area (Å²) in [5, 5.41) is 1.56. The maximum atomic E-state index is 2.45. The number of rotatable bonds is 2. The van der Waals surface area contributed by atoms with Crippen molar-refractivity contribution in [2.45, 2.75) is 49.0 Å². The first-order chi connectivity index (χ1) is 8.43. The zero-order valence-electron chi connectivity index (χ0n) is 10.3. The van der Waals surface area contributed by atoms with E-state index in [2.05, 4.69) is 48.2 Å². The molecule has 2 atom stereocenters. The Morgan fingerprint density at radius 3 is 2.71 bits per heavy atom. The normalized spacial score (nSPS) is 32.5. The van der Waals surface area contributed by atoms with Gasteiger partial charge in [0.1, 0.15) is 0 Å². The van der Waals surface area contributed by atoms with Gasteiger partial charge < -0.3 is 0 Å². The first kappa shape index (κ1) is 11.4. The van der Waals surface area contributed by atoms with Crippen molar-refractivity contribution in [2.75, 3.05) is 0 Å². The van der Waals surface area contributed by atoms with Crippen LogP contribution in [0.5, 0.6) is 0 Å². The van der Waals surface area contributed by atoms with Gasteiger partial charge in [0.2, 0.25) is 0 Å². The summed E-state index contributed by atoms with van der Waals surface area (Å²) in [6.45, 7) is 0. The van der Waals surface area contributed by atoms with E-state index in [1.165, 1.54) is 38.5 Å². The standard InChI is InChI=1S/C16H20S/c1-3-7-13(8-4-1)15-11-12-16(17-15)14-9-5-2-6-10-14/h1,3,5,7,9-10,15-16H,2,4,6,8,11-12H2. The summed E-state index contributed by atoms with van der Waals surface area (Å²) >= 11 is 2.20. The second-order valence-corrected chi connectivity index (χ2v) is 6.49. The fraction of sp³-hybridized carbons (Fsp3) is 0.500. The minimum atomic E-state index is 0.767. The van der Waals surface area contributed by atoms with Crippen LogP contribution in [-0.4, -0.2) is 10.5 Å². The molecule has 0 aromatic heterocycles. The van der Waals surface area contributed by atoms with E-state index < -0.39 is 0 Å². The van der Waals surface area contributed by atoms with E-state index in [4.69, 9.17) is 0 Å². The number of thioether (sulfide) groups is 1. The Labute approximate surface area is 109 Å². The van der Waals surface area contributed by atoms with Gasteiger partial charge in [0, 0.05) is 10.5 Å². The van der Waals surface area contributed by atoms with Crippen LogP contribution in [0.15, 0.2) is 47.6 Å². The van der Waals surface area contributed by atoms with E-state index in [0.29, 0.717) is 0 Å². The van der Waals surface area contributed by atoms with Crippen molar-refractivity contribution in [1.82, 2.24) is 0 Å². The molecule has 0 aromatic rings. The Morgan fingerprint density at radius 1 is 1.00 bits per heavy atom. The summed E-state index contributed by atoms with van der Waals surface area (Å²) in [5.41, 5.74) is 3.27. The average Bonchev–Trinajstić information content (AvgIpc) is 2.90. The highest BCUT2D eigenvalue weighted by Gasteiger charge is 2.29. The summed E-state index contributed by atoms with van der Waals surface area (Å²) in [6, 6.07) is 0. The van der Waals surface area contributed by atoms with Crippen LogP contribution in [0.4, 0.5) is 0 Å². The van der Waals surface area contributed by atoms with Crippen molar-refractivity contribution >= 4 is 11.8 Å². The van der Waals surface area contributed by atoms with Crippen molar-refractivity contribution in [3.05, 3.63) is 47.6 Å². The molecule has 1 heteroatoms. The van der Waals surface area contributed by atoms with Crippen LogP contribution < -0.4 is 0 Å². The number of hydrogen-bond donors (Lipinski definition) is 0. The first-order valence-corrected chi connectivity index (χ1v) is 7.75. The predicted molar refractivity (Wildman–Crippen MR) is 77.3 cm³/mol. The summed E-state index contributed by atoms with van der Waals surface area (Å²) in [4.78, 5) is 0. The molecule has 1 aliphatic heterocycles. The quantitative estimate of drug-likeness (QED) is 0.672. The molecule has 3 rings (SSSR count). The molecule has 0 amide bonds. The highest BCUT2D eigenvalue weighted by molar-refractivity contribution is 8.01. The molecule has 0 spiro atoms. The second kappa shape index (κ2) is 5.30. The fourth-order valence-electron chi connectivity index (χ4n) is 2.92. The van der Waals surface area contributed by atoms with E-state index in [1.807, 2.05) is 0 Å². The molecule has 0 aromatic carbocycles. The molecular weight excluding hydrogens is 224 g/mol. The molecule has 2 unspecified atom stereocenters. The molecule has 0 bridgehead atoms. The van der Waals surface area contributed by atoms with Crippen molar-refractivity contribution < 1.29 is 0 Å². The minimum Gasteiger partial charge on any atom is -0.146 e. The third-order valence-corrected chi connectivity index (χ3v) is 5.58. The fourth-order valence-corrected chi connectivity index (χ4v) is 4.56. The van der Waals surface area contributed by atoms with Gasteiger partial charge in [-0.1, -0.05) is 42.0 Å². The third-order valence-electron chi connectivity index (χ3n) is 3.87. The Bertz CT molecular complexity index is 398.